The highest BCUT2D eigenvalue weighted by Crippen LogP contribution is 2.17. The van der Waals surface area contributed by atoms with Crippen molar-refractivity contribution in [3.63, 3.8) is 0 Å². The fourth-order valence-corrected chi connectivity index (χ4v) is 3.27. The van der Waals surface area contributed by atoms with Crippen LogP contribution in [0.2, 0.25) is 0 Å². The van der Waals surface area contributed by atoms with Crippen LogP contribution >= 0.6 is 11.3 Å². The molecule has 0 fully saturated rings. The summed E-state index contributed by atoms with van der Waals surface area (Å²) in [7, 11) is 2.01. The van der Waals surface area contributed by atoms with Crippen molar-refractivity contribution in [3.8, 4) is 0 Å². The zero-order chi connectivity index (χ0) is 15.0. The Balaban J connectivity index is 1.93. The van der Waals surface area contributed by atoms with Crippen LogP contribution in [0, 0.1) is 13.8 Å². The predicted molar refractivity (Wildman–Crippen MR) is 87.4 cm³/mol. The molecule has 0 amide bonds. The maximum absolute atomic E-state index is 12.2. The zero-order valence-corrected chi connectivity index (χ0v) is 13.1. The van der Waals surface area contributed by atoms with E-state index in [2.05, 4.69) is 35.0 Å². The molecule has 0 aliphatic rings. The molecule has 0 bridgehead atoms. The summed E-state index contributed by atoms with van der Waals surface area (Å²) in [5.41, 5.74) is 4.07. The highest BCUT2D eigenvalue weighted by molar-refractivity contribution is 7.15. The van der Waals surface area contributed by atoms with Gasteiger partial charge in [0.05, 0.1) is 12.2 Å². The number of hydrogen-bond acceptors (Lipinski definition) is 4. The SMILES string of the molecule is Cc1cccc(N(C)Cc2cc(=O)n3c(C)csc3n2)c1. The fourth-order valence-electron chi connectivity index (χ4n) is 2.38. The van der Waals surface area contributed by atoms with Crippen LogP contribution in [0.25, 0.3) is 4.96 Å². The molecule has 0 unspecified atom stereocenters. The number of nitrogens with zero attached hydrogens (tertiary/aromatic N) is 3. The third kappa shape index (κ3) is 2.69. The molecule has 3 rings (SSSR count). The monoisotopic (exact) mass is 299 g/mol. The van der Waals surface area contributed by atoms with Crippen molar-refractivity contribution in [2.75, 3.05) is 11.9 Å². The fraction of sp³-hybridized carbons (Fsp3) is 0.250. The molecule has 0 atom stereocenters. The first-order valence-electron chi connectivity index (χ1n) is 6.79. The Morgan fingerprint density at radius 2 is 2.10 bits per heavy atom. The van der Waals surface area contributed by atoms with E-state index in [4.69, 9.17) is 0 Å². The van der Waals surface area contributed by atoms with Crippen molar-refractivity contribution in [1.82, 2.24) is 9.38 Å². The second-order valence-corrected chi connectivity index (χ2v) is 6.11. The lowest BCUT2D eigenvalue weighted by molar-refractivity contribution is 0.870. The van der Waals surface area contributed by atoms with Gasteiger partial charge in [0.1, 0.15) is 0 Å². The number of fused-ring (bicyclic) bond motifs is 1. The van der Waals surface area contributed by atoms with Crippen LogP contribution in [0.3, 0.4) is 0 Å². The minimum absolute atomic E-state index is 0.00797. The molecule has 21 heavy (non-hydrogen) atoms. The Bertz CT molecular complexity index is 850. The molecule has 2 aromatic heterocycles. The summed E-state index contributed by atoms with van der Waals surface area (Å²) in [5.74, 6) is 0. The Morgan fingerprint density at radius 1 is 1.29 bits per heavy atom. The molecule has 0 spiro atoms. The standard InChI is InChI=1S/C16H17N3OS/c1-11-5-4-6-14(7-11)18(3)9-13-8-15(20)19-12(2)10-21-16(19)17-13/h4-8,10H,9H2,1-3H3. The number of aryl methyl sites for hydroxylation is 2. The Labute approximate surface area is 127 Å². The normalized spacial score (nSPS) is 11.0. The van der Waals surface area contributed by atoms with Crippen LogP contribution in [0.15, 0.2) is 40.5 Å². The summed E-state index contributed by atoms with van der Waals surface area (Å²) in [6.07, 6.45) is 0. The molecule has 0 saturated heterocycles. The molecular formula is C16H17N3OS. The van der Waals surface area contributed by atoms with E-state index >= 15 is 0 Å². The largest absolute Gasteiger partial charge is 0.369 e. The smallest absolute Gasteiger partial charge is 0.259 e. The summed E-state index contributed by atoms with van der Waals surface area (Å²) in [6, 6.07) is 9.92. The predicted octanol–water partition coefficient (Wildman–Crippen LogP) is 3.01. The Hall–Kier alpha value is -2.14. The van der Waals surface area contributed by atoms with Crippen molar-refractivity contribution in [2.45, 2.75) is 20.4 Å². The molecule has 4 nitrogen and oxygen atoms in total. The van der Waals surface area contributed by atoms with Crippen molar-refractivity contribution in [3.05, 3.63) is 63.0 Å². The molecule has 0 saturated carbocycles. The van der Waals surface area contributed by atoms with Gasteiger partial charge >= 0.3 is 0 Å². The van der Waals surface area contributed by atoms with Crippen molar-refractivity contribution in [2.24, 2.45) is 0 Å². The van der Waals surface area contributed by atoms with Gasteiger partial charge in [0.25, 0.3) is 5.56 Å². The number of thiazole rings is 1. The molecule has 1 aromatic carbocycles. The second-order valence-electron chi connectivity index (χ2n) is 5.28. The number of rotatable bonds is 3. The third-order valence-electron chi connectivity index (χ3n) is 3.47. The van der Waals surface area contributed by atoms with Crippen LogP contribution in [0.1, 0.15) is 17.0 Å². The molecule has 2 heterocycles. The first-order chi connectivity index (χ1) is 10.0. The van der Waals surface area contributed by atoms with Gasteiger partial charge in [-0.2, -0.15) is 0 Å². The lowest BCUT2D eigenvalue weighted by Gasteiger charge is -2.19. The molecule has 0 N–H and O–H groups in total. The van der Waals surface area contributed by atoms with Crippen LogP contribution in [-0.2, 0) is 6.54 Å². The van der Waals surface area contributed by atoms with Crippen LogP contribution in [0.4, 0.5) is 5.69 Å². The van der Waals surface area contributed by atoms with E-state index in [-0.39, 0.29) is 5.56 Å². The van der Waals surface area contributed by atoms with E-state index in [9.17, 15) is 4.79 Å². The van der Waals surface area contributed by atoms with Crippen LogP contribution in [-0.4, -0.2) is 16.4 Å². The molecule has 3 aromatic rings. The van der Waals surface area contributed by atoms with Gasteiger partial charge in [-0.25, -0.2) is 4.98 Å². The quantitative estimate of drug-likeness (QED) is 0.746. The van der Waals surface area contributed by atoms with E-state index in [1.165, 1.54) is 16.9 Å². The first kappa shape index (κ1) is 13.8. The summed E-state index contributed by atoms with van der Waals surface area (Å²) in [5, 5.41) is 1.96. The molecule has 108 valence electrons. The van der Waals surface area contributed by atoms with Gasteiger partial charge in [-0.1, -0.05) is 12.1 Å². The third-order valence-corrected chi connectivity index (χ3v) is 4.41. The van der Waals surface area contributed by atoms with Crippen LogP contribution in [0.5, 0.6) is 0 Å². The number of anilines is 1. The summed E-state index contributed by atoms with van der Waals surface area (Å²) >= 11 is 1.50. The Morgan fingerprint density at radius 3 is 2.86 bits per heavy atom. The van der Waals surface area contributed by atoms with E-state index in [1.54, 1.807) is 10.5 Å². The van der Waals surface area contributed by atoms with Gasteiger partial charge in [0, 0.05) is 29.9 Å². The van der Waals surface area contributed by atoms with Crippen molar-refractivity contribution < 1.29 is 0 Å². The van der Waals surface area contributed by atoms with Gasteiger partial charge in [0.2, 0.25) is 0 Å². The lowest BCUT2D eigenvalue weighted by Crippen LogP contribution is -2.21. The van der Waals surface area contributed by atoms with E-state index in [0.717, 1.165) is 22.0 Å². The number of aromatic nitrogens is 2. The topological polar surface area (TPSA) is 37.6 Å². The minimum Gasteiger partial charge on any atom is -0.369 e. The molecule has 5 heteroatoms. The van der Waals surface area contributed by atoms with E-state index in [1.807, 2.05) is 25.4 Å². The molecular weight excluding hydrogens is 282 g/mol. The average molecular weight is 299 g/mol. The van der Waals surface area contributed by atoms with Crippen molar-refractivity contribution in [1.29, 1.82) is 0 Å². The minimum atomic E-state index is -0.00797. The van der Waals surface area contributed by atoms with Gasteiger partial charge in [-0.05, 0) is 31.5 Å². The van der Waals surface area contributed by atoms with Gasteiger partial charge in [-0.15, -0.1) is 11.3 Å². The molecule has 0 aliphatic carbocycles. The van der Waals surface area contributed by atoms with Gasteiger partial charge < -0.3 is 4.90 Å². The maximum atomic E-state index is 12.2. The first-order valence-corrected chi connectivity index (χ1v) is 7.67. The second kappa shape index (κ2) is 5.33. The molecule has 0 radical (unpaired) electrons. The number of benzene rings is 1. The zero-order valence-electron chi connectivity index (χ0n) is 12.3. The number of hydrogen-bond donors (Lipinski definition) is 0. The van der Waals surface area contributed by atoms with Crippen LogP contribution < -0.4 is 10.5 Å². The highest BCUT2D eigenvalue weighted by atomic mass is 32.1. The summed E-state index contributed by atoms with van der Waals surface area (Å²) in [4.78, 5) is 19.6. The van der Waals surface area contributed by atoms with Gasteiger partial charge in [-0.3, -0.25) is 9.20 Å². The molecule has 0 aliphatic heterocycles. The maximum Gasteiger partial charge on any atom is 0.259 e. The van der Waals surface area contributed by atoms with Crippen molar-refractivity contribution >= 4 is 22.0 Å². The summed E-state index contributed by atoms with van der Waals surface area (Å²) in [6.45, 7) is 4.61. The van der Waals surface area contributed by atoms with E-state index < -0.39 is 0 Å². The van der Waals surface area contributed by atoms with Gasteiger partial charge in [0.15, 0.2) is 4.96 Å². The summed E-state index contributed by atoms with van der Waals surface area (Å²) < 4.78 is 1.65. The van der Waals surface area contributed by atoms with E-state index in [0.29, 0.717) is 6.54 Å². The lowest BCUT2D eigenvalue weighted by atomic mass is 10.2. The Kier molecular flexibility index (Phi) is 3.51. The average Bonchev–Trinajstić information content (AvgIpc) is 2.80. The highest BCUT2D eigenvalue weighted by Gasteiger charge is 2.09.